The Morgan fingerprint density at radius 1 is 1.13 bits per heavy atom. The summed E-state index contributed by atoms with van der Waals surface area (Å²) in [7, 11) is 1.54. The molecule has 30 heavy (non-hydrogen) atoms. The Balaban J connectivity index is 1.71. The lowest BCUT2D eigenvalue weighted by atomic mass is 10.1. The molecule has 0 spiro atoms. The second kappa shape index (κ2) is 9.91. The summed E-state index contributed by atoms with van der Waals surface area (Å²) >= 11 is 5.29. The number of ether oxygens (including phenoxy) is 2. The summed E-state index contributed by atoms with van der Waals surface area (Å²) in [6.07, 6.45) is 0. The Hall–Kier alpha value is -3.36. The highest BCUT2D eigenvalue weighted by molar-refractivity contribution is 7.80. The van der Waals surface area contributed by atoms with Gasteiger partial charge in [-0.05, 0) is 73.7 Å². The average molecular weight is 426 g/mol. The fourth-order valence-electron chi connectivity index (χ4n) is 2.78. The quantitative estimate of drug-likeness (QED) is 0.492. The molecule has 8 heteroatoms. The lowest BCUT2D eigenvalue weighted by Gasteiger charge is -2.14. The van der Waals surface area contributed by atoms with Gasteiger partial charge in [0.2, 0.25) is 0 Å². The number of thiocarbonyl (C=S) groups is 1. The number of anilines is 1. The summed E-state index contributed by atoms with van der Waals surface area (Å²) in [5.74, 6) is 1.95. The predicted molar refractivity (Wildman–Crippen MR) is 118 cm³/mol. The molecule has 0 aliphatic rings. The van der Waals surface area contributed by atoms with E-state index in [0.29, 0.717) is 40.9 Å². The number of carbonyl (C=O) groups is 1. The van der Waals surface area contributed by atoms with Crippen LogP contribution in [0, 0.1) is 0 Å². The van der Waals surface area contributed by atoms with Crippen LogP contribution in [0.3, 0.4) is 0 Å². The molecule has 0 bridgehead atoms. The van der Waals surface area contributed by atoms with Crippen molar-refractivity contribution >= 4 is 28.9 Å². The van der Waals surface area contributed by atoms with Crippen molar-refractivity contribution in [3.05, 3.63) is 65.9 Å². The van der Waals surface area contributed by atoms with Gasteiger partial charge in [0.1, 0.15) is 29.6 Å². The molecule has 3 aromatic rings. The van der Waals surface area contributed by atoms with E-state index >= 15 is 0 Å². The van der Waals surface area contributed by atoms with Crippen LogP contribution in [0.4, 0.5) is 5.69 Å². The van der Waals surface area contributed by atoms with E-state index < -0.39 is 0 Å². The third-order valence-electron chi connectivity index (χ3n) is 4.20. The van der Waals surface area contributed by atoms with E-state index in [0.717, 1.165) is 5.56 Å². The Kier molecular flexibility index (Phi) is 7.05. The molecule has 0 radical (unpaired) electrons. The smallest absolute Gasteiger partial charge is 0.257 e. The standard InChI is InChI=1S/C22H22N2O5S/c1-3-28-16-7-4-14(5-8-16)21(26)24-22(30)23-18-12-15(6-10-20(18)27-2)19-11-9-17(13-25)29-19/h4-12,25H,3,13H2,1-2H3,(H2,23,24,26,30). The zero-order valence-electron chi connectivity index (χ0n) is 16.6. The molecule has 0 saturated carbocycles. The molecular formula is C22H22N2O5S. The summed E-state index contributed by atoms with van der Waals surface area (Å²) in [6.45, 7) is 2.27. The maximum Gasteiger partial charge on any atom is 0.257 e. The van der Waals surface area contributed by atoms with Gasteiger partial charge in [0.05, 0.1) is 19.4 Å². The molecule has 0 unspecified atom stereocenters. The minimum absolute atomic E-state index is 0.125. The largest absolute Gasteiger partial charge is 0.495 e. The summed E-state index contributed by atoms with van der Waals surface area (Å²) in [6, 6.07) is 15.6. The fourth-order valence-corrected chi connectivity index (χ4v) is 2.98. The Morgan fingerprint density at radius 3 is 2.53 bits per heavy atom. The lowest BCUT2D eigenvalue weighted by molar-refractivity contribution is 0.0977. The first-order chi connectivity index (χ1) is 14.5. The Bertz CT molecular complexity index is 1030. The molecule has 0 aliphatic heterocycles. The van der Waals surface area contributed by atoms with E-state index in [9.17, 15) is 9.90 Å². The Labute approximate surface area is 179 Å². The van der Waals surface area contributed by atoms with E-state index in [1.165, 1.54) is 0 Å². The second-order valence-corrected chi connectivity index (χ2v) is 6.61. The fraction of sp³-hybridized carbons (Fsp3) is 0.182. The van der Waals surface area contributed by atoms with Gasteiger partial charge < -0.3 is 24.3 Å². The van der Waals surface area contributed by atoms with Gasteiger partial charge >= 0.3 is 0 Å². The monoisotopic (exact) mass is 426 g/mol. The normalized spacial score (nSPS) is 10.4. The third-order valence-corrected chi connectivity index (χ3v) is 4.41. The van der Waals surface area contributed by atoms with Gasteiger partial charge in [-0.1, -0.05) is 0 Å². The summed E-state index contributed by atoms with van der Waals surface area (Å²) in [5, 5.41) is 14.9. The van der Waals surface area contributed by atoms with Crippen molar-refractivity contribution < 1.29 is 23.8 Å². The first-order valence-corrected chi connectivity index (χ1v) is 9.68. The van der Waals surface area contributed by atoms with Crippen LogP contribution in [0.5, 0.6) is 11.5 Å². The van der Waals surface area contributed by atoms with Crippen molar-refractivity contribution in [3.63, 3.8) is 0 Å². The number of aliphatic hydroxyl groups excluding tert-OH is 1. The molecule has 0 atom stereocenters. The SMILES string of the molecule is CCOc1ccc(C(=O)NC(=S)Nc2cc(-c3ccc(CO)o3)ccc2OC)cc1. The highest BCUT2D eigenvalue weighted by Crippen LogP contribution is 2.31. The average Bonchev–Trinajstić information content (AvgIpc) is 3.23. The van der Waals surface area contributed by atoms with Gasteiger partial charge in [0, 0.05) is 11.1 Å². The molecule has 3 N–H and O–H groups in total. The number of methoxy groups -OCH3 is 1. The number of aliphatic hydroxyl groups is 1. The van der Waals surface area contributed by atoms with Gasteiger partial charge in [-0.3, -0.25) is 10.1 Å². The molecule has 156 valence electrons. The van der Waals surface area contributed by atoms with Gasteiger partial charge in [0.25, 0.3) is 5.91 Å². The third kappa shape index (κ3) is 5.16. The van der Waals surface area contributed by atoms with Crippen LogP contribution in [0.25, 0.3) is 11.3 Å². The molecule has 1 heterocycles. The van der Waals surface area contributed by atoms with E-state index in [-0.39, 0.29) is 17.6 Å². The van der Waals surface area contributed by atoms with Crippen LogP contribution in [0.2, 0.25) is 0 Å². The highest BCUT2D eigenvalue weighted by Gasteiger charge is 2.13. The molecule has 7 nitrogen and oxygen atoms in total. The van der Waals surface area contributed by atoms with Gasteiger partial charge in [0.15, 0.2) is 5.11 Å². The van der Waals surface area contributed by atoms with E-state index in [1.54, 1.807) is 55.6 Å². The first-order valence-electron chi connectivity index (χ1n) is 9.27. The number of nitrogens with one attached hydrogen (secondary N) is 2. The number of amides is 1. The van der Waals surface area contributed by atoms with Crippen molar-refractivity contribution in [2.45, 2.75) is 13.5 Å². The van der Waals surface area contributed by atoms with Crippen molar-refractivity contribution in [2.75, 3.05) is 19.0 Å². The van der Waals surface area contributed by atoms with Gasteiger partial charge in [-0.2, -0.15) is 0 Å². The highest BCUT2D eigenvalue weighted by atomic mass is 32.1. The molecule has 2 aromatic carbocycles. The minimum Gasteiger partial charge on any atom is -0.495 e. The van der Waals surface area contributed by atoms with Crippen LogP contribution < -0.4 is 20.1 Å². The van der Waals surface area contributed by atoms with Crippen LogP contribution >= 0.6 is 12.2 Å². The predicted octanol–water partition coefficient (Wildman–Crippen LogP) is 3.97. The maximum atomic E-state index is 12.4. The molecule has 0 aliphatic carbocycles. The topological polar surface area (TPSA) is 93.0 Å². The van der Waals surface area contributed by atoms with Gasteiger partial charge in [-0.15, -0.1) is 0 Å². The van der Waals surface area contributed by atoms with Crippen LogP contribution in [0.15, 0.2) is 59.0 Å². The first kappa shape index (κ1) is 21.4. The zero-order chi connectivity index (χ0) is 21.5. The lowest BCUT2D eigenvalue weighted by Crippen LogP contribution is -2.34. The molecule has 1 aromatic heterocycles. The van der Waals surface area contributed by atoms with Crippen molar-refractivity contribution in [2.24, 2.45) is 0 Å². The van der Waals surface area contributed by atoms with Crippen molar-refractivity contribution in [3.8, 4) is 22.8 Å². The van der Waals surface area contributed by atoms with Crippen LogP contribution in [0.1, 0.15) is 23.0 Å². The number of hydrogen-bond acceptors (Lipinski definition) is 6. The number of furan rings is 1. The van der Waals surface area contributed by atoms with E-state index in [4.69, 9.17) is 26.1 Å². The number of carbonyl (C=O) groups excluding carboxylic acids is 1. The molecular weight excluding hydrogens is 404 g/mol. The molecule has 1 amide bonds. The van der Waals surface area contributed by atoms with E-state index in [2.05, 4.69) is 10.6 Å². The summed E-state index contributed by atoms with van der Waals surface area (Å²) < 4.78 is 16.3. The zero-order valence-corrected chi connectivity index (χ0v) is 17.4. The number of benzene rings is 2. The molecule has 3 rings (SSSR count). The minimum atomic E-state index is -0.343. The molecule has 0 saturated heterocycles. The van der Waals surface area contributed by atoms with Crippen LogP contribution in [-0.4, -0.2) is 29.8 Å². The second-order valence-electron chi connectivity index (χ2n) is 6.20. The maximum absolute atomic E-state index is 12.4. The summed E-state index contributed by atoms with van der Waals surface area (Å²) in [5.41, 5.74) is 1.78. The molecule has 0 fully saturated rings. The van der Waals surface area contributed by atoms with Crippen molar-refractivity contribution in [1.29, 1.82) is 0 Å². The van der Waals surface area contributed by atoms with Crippen LogP contribution in [-0.2, 0) is 6.61 Å². The Morgan fingerprint density at radius 2 is 1.90 bits per heavy atom. The van der Waals surface area contributed by atoms with Gasteiger partial charge in [-0.25, -0.2) is 0 Å². The van der Waals surface area contributed by atoms with E-state index in [1.807, 2.05) is 13.0 Å². The summed E-state index contributed by atoms with van der Waals surface area (Å²) in [4.78, 5) is 12.4. The number of hydrogen-bond donors (Lipinski definition) is 3. The van der Waals surface area contributed by atoms with Crippen molar-refractivity contribution in [1.82, 2.24) is 5.32 Å². The number of rotatable bonds is 7.